The van der Waals surface area contributed by atoms with E-state index in [-0.39, 0.29) is 0 Å². The fourth-order valence-corrected chi connectivity index (χ4v) is 10.5. The molecule has 1 spiro atoms. The summed E-state index contributed by atoms with van der Waals surface area (Å²) in [6.45, 7) is 0. The number of hydrogen-bond acceptors (Lipinski definition) is 2. The molecule has 3 saturated carbocycles. The Morgan fingerprint density at radius 3 is 2.11 bits per heavy atom. The van der Waals surface area contributed by atoms with E-state index in [1.807, 2.05) is 12.1 Å². The molecule has 0 N–H and O–H groups in total. The van der Waals surface area contributed by atoms with Crippen molar-refractivity contribution in [1.82, 2.24) is 0 Å². The van der Waals surface area contributed by atoms with Crippen LogP contribution in [0, 0.1) is 17.3 Å². The Hall–Kier alpha value is -5.08. The smallest absolute Gasteiger partial charge is 0.135 e. The molecular formula is C45H35NO. The minimum Gasteiger partial charge on any atom is -0.456 e. The van der Waals surface area contributed by atoms with Gasteiger partial charge in [-0.2, -0.15) is 0 Å². The first kappa shape index (κ1) is 26.0. The molecule has 0 saturated heterocycles. The molecule has 2 nitrogen and oxygen atoms in total. The Morgan fingerprint density at radius 1 is 0.511 bits per heavy atom. The molecule has 11 rings (SSSR count). The Morgan fingerprint density at radius 2 is 1.21 bits per heavy atom. The maximum atomic E-state index is 6.16. The van der Waals surface area contributed by atoms with Crippen LogP contribution in [0.2, 0.25) is 0 Å². The summed E-state index contributed by atoms with van der Waals surface area (Å²) in [5, 5.41) is 2.28. The highest BCUT2D eigenvalue weighted by Crippen LogP contribution is 2.80. The third-order valence-corrected chi connectivity index (χ3v) is 12.6. The van der Waals surface area contributed by atoms with Crippen LogP contribution in [0.25, 0.3) is 44.2 Å². The summed E-state index contributed by atoms with van der Waals surface area (Å²) in [5.74, 6) is 3.32. The van der Waals surface area contributed by atoms with Crippen LogP contribution in [0.3, 0.4) is 0 Å². The van der Waals surface area contributed by atoms with Gasteiger partial charge in [-0.15, -0.1) is 0 Å². The summed E-state index contributed by atoms with van der Waals surface area (Å²) < 4.78 is 6.16. The monoisotopic (exact) mass is 605 g/mol. The lowest BCUT2D eigenvalue weighted by molar-refractivity contribution is -0.144. The van der Waals surface area contributed by atoms with E-state index in [0.717, 1.165) is 56.8 Å². The number of para-hydroxylation sites is 2. The van der Waals surface area contributed by atoms with Crippen molar-refractivity contribution in [3.63, 3.8) is 0 Å². The fourth-order valence-electron chi connectivity index (χ4n) is 10.5. The van der Waals surface area contributed by atoms with Gasteiger partial charge in [-0.1, -0.05) is 91.0 Å². The highest BCUT2D eigenvalue weighted by Gasteiger charge is 2.70. The van der Waals surface area contributed by atoms with Crippen molar-refractivity contribution >= 4 is 39.0 Å². The van der Waals surface area contributed by atoms with Crippen molar-refractivity contribution in [2.45, 2.75) is 37.5 Å². The average molecular weight is 606 g/mol. The summed E-state index contributed by atoms with van der Waals surface area (Å²) in [4.78, 5) is 2.35. The summed E-state index contributed by atoms with van der Waals surface area (Å²) in [5.41, 5.74) is 14.6. The number of furan rings is 1. The second kappa shape index (κ2) is 9.48. The first-order valence-corrected chi connectivity index (χ1v) is 17.3. The van der Waals surface area contributed by atoms with E-state index in [2.05, 4.69) is 132 Å². The molecule has 0 amide bonds. The van der Waals surface area contributed by atoms with Crippen LogP contribution in [0.1, 0.15) is 48.6 Å². The van der Waals surface area contributed by atoms with Crippen LogP contribution in [0.15, 0.2) is 144 Å². The van der Waals surface area contributed by atoms with Gasteiger partial charge in [0, 0.05) is 27.8 Å². The lowest BCUT2D eigenvalue weighted by Crippen LogP contribution is -2.58. The van der Waals surface area contributed by atoms with Crippen molar-refractivity contribution in [2.24, 2.45) is 17.3 Å². The van der Waals surface area contributed by atoms with Gasteiger partial charge >= 0.3 is 0 Å². The van der Waals surface area contributed by atoms with Crippen LogP contribution in [0.4, 0.5) is 17.1 Å². The summed E-state index contributed by atoms with van der Waals surface area (Å²) in [7, 11) is 0. The number of hydrogen-bond donors (Lipinski definition) is 0. The maximum absolute atomic E-state index is 6.16. The predicted molar refractivity (Wildman–Crippen MR) is 193 cm³/mol. The molecule has 2 heteroatoms. The van der Waals surface area contributed by atoms with E-state index >= 15 is 0 Å². The molecule has 2 bridgehead atoms. The largest absolute Gasteiger partial charge is 0.456 e. The topological polar surface area (TPSA) is 16.4 Å². The van der Waals surface area contributed by atoms with E-state index < -0.39 is 0 Å². The molecule has 6 aromatic carbocycles. The molecule has 3 fully saturated rings. The minimum absolute atomic E-state index is 0.563. The van der Waals surface area contributed by atoms with E-state index in [9.17, 15) is 0 Å². The van der Waals surface area contributed by atoms with Gasteiger partial charge in [0.25, 0.3) is 0 Å². The highest BCUT2D eigenvalue weighted by atomic mass is 16.3. The zero-order chi connectivity index (χ0) is 30.7. The van der Waals surface area contributed by atoms with Crippen LogP contribution < -0.4 is 4.90 Å². The van der Waals surface area contributed by atoms with Crippen molar-refractivity contribution in [2.75, 3.05) is 4.90 Å². The van der Waals surface area contributed by atoms with E-state index in [1.54, 1.807) is 11.1 Å². The normalized spacial score (nSPS) is 24.8. The molecule has 0 aliphatic heterocycles. The zero-order valence-corrected chi connectivity index (χ0v) is 26.3. The lowest BCUT2D eigenvalue weighted by Gasteiger charge is -2.67. The molecule has 0 radical (unpaired) electrons. The number of anilines is 3. The van der Waals surface area contributed by atoms with Gasteiger partial charge in [-0.3, -0.25) is 0 Å². The molecule has 7 aromatic rings. The van der Waals surface area contributed by atoms with Crippen molar-refractivity contribution in [3.8, 4) is 22.3 Å². The van der Waals surface area contributed by atoms with E-state index in [0.29, 0.717) is 11.3 Å². The molecule has 1 heterocycles. The minimum atomic E-state index is 0.563. The van der Waals surface area contributed by atoms with Gasteiger partial charge in [-0.25, -0.2) is 0 Å². The summed E-state index contributed by atoms with van der Waals surface area (Å²) in [6.07, 6.45) is 5.64. The molecule has 4 aliphatic carbocycles. The molecule has 5 unspecified atom stereocenters. The maximum Gasteiger partial charge on any atom is 0.135 e. The van der Waals surface area contributed by atoms with Crippen LogP contribution in [-0.4, -0.2) is 0 Å². The van der Waals surface area contributed by atoms with Crippen LogP contribution in [0.5, 0.6) is 0 Å². The van der Waals surface area contributed by atoms with Gasteiger partial charge in [0.1, 0.15) is 11.2 Å². The molecule has 47 heavy (non-hydrogen) atoms. The SMILES string of the molecule is c1ccc(N(c2ccc(-c3ccc4c(c3)C3CC5CC6CC(CC653)c3ccccc3-4)cc2)c2ccc3oc4ccccc4c3c2)cc1. The summed E-state index contributed by atoms with van der Waals surface area (Å²) in [6, 6.07) is 51.4. The molecule has 5 atom stereocenters. The van der Waals surface area contributed by atoms with Gasteiger partial charge in [0.15, 0.2) is 0 Å². The van der Waals surface area contributed by atoms with Gasteiger partial charge in [0.2, 0.25) is 0 Å². The number of rotatable bonds is 4. The van der Waals surface area contributed by atoms with Crippen LogP contribution >= 0.6 is 0 Å². The third kappa shape index (κ3) is 3.56. The van der Waals surface area contributed by atoms with Crippen molar-refractivity contribution in [3.05, 3.63) is 151 Å². The quantitative estimate of drug-likeness (QED) is 0.198. The number of benzene rings is 6. The fraction of sp³-hybridized carbons (Fsp3) is 0.200. The molecule has 1 aromatic heterocycles. The Labute approximate surface area is 275 Å². The Bertz CT molecular complexity index is 2350. The number of fused-ring (bicyclic) bond motifs is 9. The van der Waals surface area contributed by atoms with E-state index in [1.165, 1.54) is 47.9 Å². The standard InChI is InChI=1S/C45H35NO/c1-2-8-33(9-3-1)46(35-19-21-44-41(26-35)39-12-6-7-13-43(39)47-44)34-17-14-28(15-18-34)29-16-20-38-37-11-5-4-10-36(37)30-22-31-24-32-25-42(40(38)23-29)45(31,32)27-30/h1-21,23,26,30-32,42H,22,24-25,27H2. The summed E-state index contributed by atoms with van der Waals surface area (Å²) >= 11 is 0. The zero-order valence-electron chi connectivity index (χ0n) is 26.3. The second-order valence-electron chi connectivity index (χ2n) is 14.6. The average Bonchev–Trinajstić information content (AvgIpc) is 3.68. The Kier molecular flexibility index (Phi) is 5.25. The van der Waals surface area contributed by atoms with Crippen LogP contribution in [-0.2, 0) is 0 Å². The molecule has 226 valence electrons. The highest BCUT2D eigenvalue weighted by molar-refractivity contribution is 6.06. The van der Waals surface area contributed by atoms with Gasteiger partial charge in [-0.05, 0) is 137 Å². The predicted octanol–water partition coefficient (Wildman–Crippen LogP) is 12.4. The molecule has 4 aliphatic rings. The first-order valence-electron chi connectivity index (χ1n) is 17.3. The van der Waals surface area contributed by atoms with Crippen molar-refractivity contribution < 1.29 is 4.42 Å². The first-order chi connectivity index (χ1) is 23.2. The number of nitrogens with zero attached hydrogens (tertiary/aromatic N) is 1. The lowest BCUT2D eigenvalue weighted by atomic mass is 9.37. The van der Waals surface area contributed by atoms with E-state index in [4.69, 9.17) is 4.42 Å². The van der Waals surface area contributed by atoms with Crippen molar-refractivity contribution in [1.29, 1.82) is 0 Å². The third-order valence-electron chi connectivity index (χ3n) is 12.6. The second-order valence-corrected chi connectivity index (χ2v) is 14.6. The Balaban J connectivity index is 1.01. The van der Waals surface area contributed by atoms with Gasteiger partial charge < -0.3 is 9.32 Å². The molecular weight excluding hydrogens is 571 g/mol. The van der Waals surface area contributed by atoms with Gasteiger partial charge in [0.05, 0.1) is 0 Å².